The summed E-state index contributed by atoms with van der Waals surface area (Å²) >= 11 is 0. The predicted molar refractivity (Wildman–Crippen MR) is 76.0 cm³/mol. The maximum absolute atomic E-state index is 5.73. The Balaban J connectivity index is 2.41. The molecule has 0 radical (unpaired) electrons. The highest BCUT2D eigenvalue weighted by atomic mass is 16.5. The minimum Gasteiger partial charge on any atom is -0.496 e. The molecule has 1 aliphatic rings. The lowest BCUT2D eigenvalue weighted by molar-refractivity contribution is 0.110. The number of nitrogens with zero attached hydrogens (tertiary/aromatic N) is 1. The number of fused-ring (bicyclic) bond motifs is 2. The number of nitrogens with one attached hydrogen (secondary N) is 1. The molecule has 106 valence electrons. The molecule has 1 aliphatic heterocycles. The lowest BCUT2D eigenvalue weighted by Crippen LogP contribution is -2.18. The van der Waals surface area contributed by atoms with Crippen molar-refractivity contribution in [2.75, 3.05) is 26.3 Å². The summed E-state index contributed by atoms with van der Waals surface area (Å²) in [6, 6.07) is 3.69. The molecule has 2 aromatic rings. The summed E-state index contributed by atoms with van der Waals surface area (Å²) < 4.78 is 16.3. The average molecular weight is 275 g/mol. The lowest BCUT2D eigenvalue weighted by Gasteiger charge is -2.22. The number of hydrogen-bond acceptors (Lipinski definition) is 6. The van der Waals surface area contributed by atoms with Gasteiger partial charge in [-0.05, 0) is 12.1 Å². The van der Waals surface area contributed by atoms with E-state index in [-0.39, 0.29) is 0 Å². The Morgan fingerprint density at radius 1 is 1.25 bits per heavy atom. The summed E-state index contributed by atoms with van der Waals surface area (Å²) in [5.74, 6) is 7.13. The normalized spacial score (nSPS) is 13.9. The topological polar surface area (TPSA) is 78.6 Å². The molecular weight excluding hydrogens is 258 g/mol. The maximum Gasteiger partial charge on any atom is 0.145 e. The minimum absolute atomic E-state index is 0.498. The zero-order valence-electron chi connectivity index (χ0n) is 11.5. The number of rotatable bonds is 3. The number of aromatic nitrogens is 1. The zero-order chi connectivity index (χ0) is 14.1. The van der Waals surface area contributed by atoms with Crippen LogP contribution in [0.25, 0.3) is 10.9 Å². The van der Waals surface area contributed by atoms with Crippen molar-refractivity contribution >= 4 is 16.6 Å². The fourth-order valence-corrected chi connectivity index (χ4v) is 2.60. The third-order valence-electron chi connectivity index (χ3n) is 3.56. The summed E-state index contributed by atoms with van der Waals surface area (Å²) in [7, 11) is 3.25. The van der Waals surface area contributed by atoms with Gasteiger partial charge >= 0.3 is 0 Å². The van der Waals surface area contributed by atoms with Gasteiger partial charge in [0.1, 0.15) is 17.0 Å². The number of benzene rings is 1. The first-order chi connectivity index (χ1) is 9.80. The zero-order valence-corrected chi connectivity index (χ0v) is 11.5. The van der Waals surface area contributed by atoms with Crippen LogP contribution < -0.4 is 20.7 Å². The molecule has 0 saturated carbocycles. The van der Waals surface area contributed by atoms with Gasteiger partial charge in [-0.1, -0.05) is 0 Å². The molecule has 3 rings (SSSR count). The van der Waals surface area contributed by atoms with Crippen molar-refractivity contribution < 1.29 is 14.2 Å². The van der Waals surface area contributed by atoms with Crippen LogP contribution in [0, 0.1) is 0 Å². The van der Waals surface area contributed by atoms with E-state index < -0.39 is 0 Å². The minimum atomic E-state index is 0.498. The molecule has 20 heavy (non-hydrogen) atoms. The van der Waals surface area contributed by atoms with E-state index in [0.717, 1.165) is 34.3 Å². The smallest absolute Gasteiger partial charge is 0.145 e. The van der Waals surface area contributed by atoms with Gasteiger partial charge in [0, 0.05) is 12.0 Å². The van der Waals surface area contributed by atoms with E-state index >= 15 is 0 Å². The molecular formula is C14H17N3O3. The summed E-state index contributed by atoms with van der Waals surface area (Å²) in [6.07, 6.45) is 0.764. The van der Waals surface area contributed by atoms with Gasteiger partial charge in [-0.25, -0.2) is 4.98 Å². The van der Waals surface area contributed by atoms with Crippen molar-refractivity contribution in [3.05, 3.63) is 23.4 Å². The van der Waals surface area contributed by atoms with Crippen LogP contribution in [0.1, 0.15) is 11.3 Å². The molecule has 0 atom stereocenters. The van der Waals surface area contributed by atoms with E-state index in [1.54, 1.807) is 14.2 Å². The highest BCUT2D eigenvalue weighted by Gasteiger charge is 2.22. The van der Waals surface area contributed by atoms with Crippen LogP contribution in [0.2, 0.25) is 0 Å². The number of anilines is 1. The van der Waals surface area contributed by atoms with Gasteiger partial charge in [-0.3, -0.25) is 5.84 Å². The van der Waals surface area contributed by atoms with E-state index in [1.165, 1.54) is 0 Å². The van der Waals surface area contributed by atoms with Crippen molar-refractivity contribution in [2.45, 2.75) is 13.0 Å². The van der Waals surface area contributed by atoms with Gasteiger partial charge in [0.05, 0.1) is 44.2 Å². The van der Waals surface area contributed by atoms with Crippen LogP contribution in [0.5, 0.6) is 11.5 Å². The van der Waals surface area contributed by atoms with Crippen molar-refractivity contribution in [3.63, 3.8) is 0 Å². The number of methoxy groups -OCH3 is 2. The maximum atomic E-state index is 5.73. The first kappa shape index (κ1) is 13.0. The van der Waals surface area contributed by atoms with E-state index in [0.29, 0.717) is 24.7 Å². The molecule has 6 nitrogen and oxygen atoms in total. The summed E-state index contributed by atoms with van der Waals surface area (Å²) in [6.45, 7) is 1.17. The van der Waals surface area contributed by atoms with Crippen molar-refractivity contribution in [2.24, 2.45) is 5.84 Å². The Bertz CT molecular complexity index is 658. The molecule has 1 aromatic carbocycles. The molecule has 0 unspecified atom stereocenters. The van der Waals surface area contributed by atoms with Gasteiger partial charge in [0.2, 0.25) is 0 Å². The second-order valence-corrected chi connectivity index (χ2v) is 4.55. The standard InChI is InChI=1S/C14H17N3O3/c1-18-10-3-4-11(19-2)14-12(10)13(17-15)8-7-20-6-5-9(8)16-14/h3-4H,5-7,15H2,1-2H3,(H,16,17). The fourth-order valence-electron chi connectivity index (χ4n) is 2.60. The number of hydrazine groups is 1. The van der Waals surface area contributed by atoms with Gasteiger partial charge < -0.3 is 19.6 Å². The summed E-state index contributed by atoms with van der Waals surface area (Å²) in [5, 5.41) is 0.818. The van der Waals surface area contributed by atoms with Gasteiger partial charge in [-0.2, -0.15) is 0 Å². The van der Waals surface area contributed by atoms with Gasteiger partial charge in [0.15, 0.2) is 0 Å². The summed E-state index contributed by atoms with van der Waals surface area (Å²) in [4.78, 5) is 4.72. The second kappa shape index (κ2) is 5.15. The van der Waals surface area contributed by atoms with E-state index in [9.17, 15) is 0 Å². The van der Waals surface area contributed by atoms with E-state index in [1.807, 2.05) is 12.1 Å². The van der Waals surface area contributed by atoms with Crippen molar-refractivity contribution in [3.8, 4) is 11.5 Å². The second-order valence-electron chi connectivity index (χ2n) is 4.55. The molecule has 2 heterocycles. The molecule has 0 bridgehead atoms. The fraction of sp³-hybridized carbons (Fsp3) is 0.357. The van der Waals surface area contributed by atoms with Crippen molar-refractivity contribution in [1.29, 1.82) is 0 Å². The van der Waals surface area contributed by atoms with Crippen molar-refractivity contribution in [1.82, 2.24) is 4.98 Å². The first-order valence-electron chi connectivity index (χ1n) is 6.41. The van der Waals surface area contributed by atoms with Crippen LogP contribution in [-0.4, -0.2) is 25.8 Å². The first-order valence-corrected chi connectivity index (χ1v) is 6.41. The van der Waals surface area contributed by atoms with Gasteiger partial charge in [0.25, 0.3) is 0 Å². The lowest BCUT2D eigenvalue weighted by atomic mass is 10.0. The largest absolute Gasteiger partial charge is 0.496 e. The monoisotopic (exact) mass is 275 g/mol. The third kappa shape index (κ3) is 1.85. The van der Waals surface area contributed by atoms with Gasteiger partial charge in [-0.15, -0.1) is 0 Å². The molecule has 1 aromatic heterocycles. The number of hydrogen-bond donors (Lipinski definition) is 2. The highest BCUT2D eigenvalue weighted by molar-refractivity contribution is 6.01. The number of nitrogen functional groups attached to an aromatic ring is 1. The Morgan fingerprint density at radius 3 is 2.70 bits per heavy atom. The Morgan fingerprint density at radius 2 is 2.00 bits per heavy atom. The van der Waals surface area contributed by atoms with Crippen LogP contribution in [0.4, 0.5) is 5.69 Å². The van der Waals surface area contributed by atoms with E-state index in [2.05, 4.69) is 5.43 Å². The number of ether oxygens (including phenoxy) is 3. The quantitative estimate of drug-likeness (QED) is 0.654. The predicted octanol–water partition coefficient (Wildman–Crippen LogP) is 1.61. The molecule has 0 aliphatic carbocycles. The molecule has 0 saturated heterocycles. The summed E-state index contributed by atoms with van der Waals surface area (Å²) in [5.41, 5.74) is 6.28. The van der Waals surface area contributed by atoms with Crippen LogP contribution in [-0.2, 0) is 17.8 Å². The van der Waals surface area contributed by atoms with Crippen LogP contribution in [0.15, 0.2) is 12.1 Å². The molecule has 0 fully saturated rings. The highest BCUT2D eigenvalue weighted by Crippen LogP contribution is 2.40. The van der Waals surface area contributed by atoms with Crippen LogP contribution in [0.3, 0.4) is 0 Å². The third-order valence-corrected chi connectivity index (χ3v) is 3.56. The van der Waals surface area contributed by atoms with E-state index in [4.69, 9.17) is 25.0 Å². The SMILES string of the molecule is COc1ccc(OC)c2c(NN)c3c(nc12)CCOC3. The Hall–Kier alpha value is -2.05. The molecule has 3 N–H and O–H groups in total. The molecule has 0 amide bonds. The molecule has 6 heteroatoms. The van der Waals surface area contributed by atoms with Crippen LogP contribution >= 0.6 is 0 Å². The Labute approximate surface area is 116 Å². The molecule has 0 spiro atoms. The Kier molecular flexibility index (Phi) is 3.33. The number of pyridine rings is 1. The number of nitrogens with two attached hydrogens (primary N) is 1. The average Bonchev–Trinajstić information content (AvgIpc) is 2.51.